The molecule has 0 aliphatic rings. The van der Waals surface area contributed by atoms with Gasteiger partial charge in [0.15, 0.2) is 28.9 Å². The molecule has 0 aliphatic carbocycles. The highest BCUT2D eigenvalue weighted by atomic mass is 28.4. The molecule has 1 rings (SSSR count). The van der Waals surface area contributed by atoms with Gasteiger partial charge in [0.1, 0.15) is 6.61 Å². The third kappa shape index (κ3) is 11.0. The van der Waals surface area contributed by atoms with Crippen molar-refractivity contribution < 1.29 is 28.2 Å². The number of hydrogen-bond donors (Lipinski definition) is 1. The van der Waals surface area contributed by atoms with Crippen molar-refractivity contribution in [1.29, 1.82) is 0 Å². The zero-order valence-electron chi connectivity index (χ0n) is 19.1. The van der Waals surface area contributed by atoms with E-state index >= 15 is 0 Å². The molecule has 0 saturated carbocycles. The Kier molecular flexibility index (Phi) is 12.0. The first kappa shape index (κ1) is 26.4. The van der Waals surface area contributed by atoms with Crippen LogP contribution < -0.4 is 4.74 Å². The Morgan fingerprint density at radius 2 is 1.93 bits per heavy atom. The van der Waals surface area contributed by atoms with Gasteiger partial charge in [-0.3, -0.25) is 0 Å². The summed E-state index contributed by atoms with van der Waals surface area (Å²) in [6.45, 7) is 13.3. The monoisotopic (exact) mass is 453 g/mol. The molecule has 0 saturated heterocycles. The first-order chi connectivity index (χ1) is 14.1. The molecule has 0 atom stereocenters. The lowest BCUT2D eigenvalue weighted by Crippen LogP contribution is -2.36. The van der Waals surface area contributed by atoms with Crippen LogP contribution in [0.25, 0.3) is 0 Å². The van der Waals surface area contributed by atoms with E-state index in [1.807, 2.05) is 12.1 Å². The lowest BCUT2D eigenvalue weighted by atomic mass is 10.1. The molecule has 1 radical (unpaired) electrons. The van der Waals surface area contributed by atoms with Gasteiger partial charge in [-0.2, -0.15) is 0 Å². The zero-order valence-corrected chi connectivity index (χ0v) is 21.1. The molecule has 0 amide bonds. The fourth-order valence-corrected chi connectivity index (χ4v) is 9.27. The van der Waals surface area contributed by atoms with Crippen LogP contribution in [0.5, 0.6) is 11.5 Å². The van der Waals surface area contributed by atoms with E-state index in [0.717, 1.165) is 31.4 Å². The van der Waals surface area contributed by atoms with Gasteiger partial charge in [-0.1, -0.05) is 12.6 Å². The minimum atomic E-state index is -1.70. The predicted molar refractivity (Wildman–Crippen MR) is 124 cm³/mol. The van der Waals surface area contributed by atoms with E-state index in [1.54, 1.807) is 20.1 Å². The van der Waals surface area contributed by atoms with Crippen LogP contribution >= 0.6 is 0 Å². The van der Waals surface area contributed by atoms with Gasteiger partial charge >= 0.3 is 5.97 Å². The van der Waals surface area contributed by atoms with E-state index in [0.29, 0.717) is 24.5 Å². The van der Waals surface area contributed by atoms with Crippen LogP contribution in [0.4, 0.5) is 0 Å². The van der Waals surface area contributed by atoms with E-state index < -0.39 is 17.4 Å². The van der Waals surface area contributed by atoms with Crippen LogP contribution in [0.1, 0.15) is 25.3 Å². The fraction of sp³-hybridized carbons (Fsp3) is 0.591. The molecule has 30 heavy (non-hydrogen) atoms. The second kappa shape index (κ2) is 13.6. The van der Waals surface area contributed by atoms with Gasteiger partial charge in [0.05, 0.1) is 13.7 Å². The highest BCUT2D eigenvalue weighted by molar-refractivity contribution is 6.78. The number of aromatic hydroxyl groups is 1. The number of ether oxygens (including phenoxy) is 3. The molecule has 0 spiro atoms. The summed E-state index contributed by atoms with van der Waals surface area (Å²) < 4.78 is 22.2. The number of rotatable bonds is 15. The molecule has 0 heterocycles. The van der Waals surface area contributed by atoms with E-state index in [-0.39, 0.29) is 18.3 Å². The Hall–Kier alpha value is -1.62. The first-order valence-electron chi connectivity index (χ1n) is 10.4. The van der Waals surface area contributed by atoms with Gasteiger partial charge in [0, 0.05) is 12.2 Å². The van der Waals surface area contributed by atoms with Crippen molar-refractivity contribution in [3.05, 3.63) is 35.9 Å². The predicted octanol–water partition coefficient (Wildman–Crippen LogP) is 4.70. The molecule has 169 valence electrons. The van der Waals surface area contributed by atoms with Gasteiger partial charge in [0.25, 0.3) is 0 Å². The van der Waals surface area contributed by atoms with Crippen molar-refractivity contribution in [2.24, 2.45) is 0 Å². The summed E-state index contributed by atoms with van der Waals surface area (Å²) in [6.07, 6.45) is 2.97. The Bertz CT molecular complexity index is 678. The first-order valence-corrected chi connectivity index (χ1v) is 15.7. The normalized spacial score (nSPS) is 11.5. The number of hydrogen-bond acceptors (Lipinski definition) is 6. The van der Waals surface area contributed by atoms with Gasteiger partial charge in [0.2, 0.25) is 0 Å². The zero-order chi connectivity index (χ0) is 22.6. The molecule has 1 aromatic rings. The number of phenolic OH excluding ortho intramolecular Hbond substituents is 1. The van der Waals surface area contributed by atoms with Crippen molar-refractivity contribution >= 4 is 23.3 Å². The summed E-state index contributed by atoms with van der Waals surface area (Å²) in [5.41, 5.74) is 1.57. The highest BCUT2D eigenvalue weighted by Crippen LogP contribution is 2.27. The minimum absolute atomic E-state index is 0.175. The summed E-state index contributed by atoms with van der Waals surface area (Å²) in [5, 5.41) is 9.70. The van der Waals surface area contributed by atoms with Crippen molar-refractivity contribution in [3.8, 4) is 11.5 Å². The summed E-state index contributed by atoms with van der Waals surface area (Å²) >= 11 is 0. The van der Waals surface area contributed by atoms with Crippen LogP contribution in [0, 0.1) is 0 Å². The quantitative estimate of drug-likeness (QED) is 0.180. The average molecular weight is 454 g/mol. The maximum atomic E-state index is 11.3. The van der Waals surface area contributed by atoms with Gasteiger partial charge in [-0.05, 0) is 75.6 Å². The third-order valence-electron chi connectivity index (χ3n) is 4.57. The molecule has 0 aromatic heterocycles. The Morgan fingerprint density at radius 3 is 2.60 bits per heavy atom. The molecule has 6 nitrogen and oxygen atoms in total. The van der Waals surface area contributed by atoms with Crippen molar-refractivity contribution in [2.75, 3.05) is 26.9 Å². The van der Waals surface area contributed by atoms with Crippen LogP contribution in [0.15, 0.2) is 30.4 Å². The van der Waals surface area contributed by atoms with Crippen molar-refractivity contribution in [1.82, 2.24) is 0 Å². The topological polar surface area (TPSA) is 74.2 Å². The number of methoxy groups -OCH3 is 1. The Labute approximate surface area is 184 Å². The number of phenols is 1. The van der Waals surface area contributed by atoms with E-state index in [2.05, 4.69) is 26.2 Å². The van der Waals surface area contributed by atoms with Crippen molar-refractivity contribution in [3.63, 3.8) is 0 Å². The number of esters is 1. The summed E-state index contributed by atoms with van der Waals surface area (Å²) in [5.74, 6) is 0.327. The van der Waals surface area contributed by atoms with Crippen LogP contribution in [0.2, 0.25) is 31.7 Å². The highest BCUT2D eigenvalue weighted by Gasteiger charge is 2.25. The lowest BCUT2D eigenvalue weighted by molar-refractivity contribution is -0.140. The second-order valence-corrected chi connectivity index (χ2v) is 14.8. The summed E-state index contributed by atoms with van der Waals surface area (Å²) in [6, 6.07) is 7.68. The second-order valence-electron chi connectivity index (χ2n) is 8.06. The van der Waals surface area contributed by atoms with E-state index in [4.69, 9.17) is 18.3 Å². The van der Waals surface area contributed by atoms with Gasteiger partial charge < -0.3 is 23.4 Å². The Morgan fingerprint density at radius 1 is 1.20 bits per heavy atom. The molecule has 1 aromatic carbocycles. The van der Waals surface area contributed by atoms with Crippen molar-refractivity contribution in [2.45, 2.75) is 57.9 Å². The molecule has 1 N–H and O–H groups in total. The molecular weight excluding hydrogens is 416 g/mol. The van der Waals surface area contributed by atoms with Crippen LogP contribution in [-0.4, -0.2) is 55.4 Å². The average Bonchev–Trinajstić information content (AvgIpc) is 2.67. The lowest BCUT2D eigenvalue weighted by Gasteiger charge is -2.27. The molecular formula is C22H37O6Si2. The maximum Gasteiger partial charge on any atom is 0.333 e. The number of benzene rings is 1. The largest absolute Gasteiger partial charge is 0.504 e. The van der Waals surface area contributed by atoms with Gasteiger partial charge in [-0.15, -0.1) is 0 Å². The van der Waals surface area contributed by atoms with Crippen LogP contribution in [0.3, 0.4) is 0 Å². The fourth-order valence-electron chi connectivity index (χ4n) is 3.01. The summed E-state index contributed by atoms with van der Waals surface area (Å²) in [7, 11) is -0.975. The summed E-state index contributed by atoms with van der Waals surface area (Å²) in [4.78, 5) is 11.3. The van der Waals surface area contributed by atoms with Gasteiger partial charge in [-0.25, -0.2) is 4.79 Å². The SMILES string of the molecule is C=C(C)C(=O)OCCOCCC[Si](C)O[Si](C)(C)CCCc1ccc(O)c(OC)c1. The van der Waals surface area contributed by atoms with E-state index in [1.165, 1.54) is 5.56 Å². The molecule has 0 unspecified atom stereocenters. The third-order valence-corrected chi connectivity index (χ3v) is 10.8. The molecule has 0 fully saturated rings. The molecule has 8 heteroatoms. The minimum Gasteiger partial charge on any atom is -0.504 e. The number of carbonyl (C=O) groups is 1. The molecule has 0 aliphatic heterocycles. The van der Waals surface area contributed by atoms with Crippen LogP contribution in [-0.2, 0) is 24.8 Å². The smallest absolute Gasteiger partial charge is 0.333 e. The standard InChI is InChI=1S/C22H37O6Si2/c1-18(2)22(24)27-14-13-26-12-8-15-29(4)28-30(5,6)16-7-9-19-10-11-20(23)21(17-19)25-3/h10-11,17,23H,1,7-9,12-16H2,2-6H3. The number of aryl methyl sites for hydroxylation is 1. The maximum absolute atomic E-state index is 11.3. The van der Waals surface area contributed by atoms with E-state index in [9.17, 15) is 9.90 Å². The molecule has 0 bridgehead atoms. The Balaban J connectivity index is 2.18. The number of carbonyl (C=O) groups excluding carboxylic acids is 1.